The molecule has 0 aromatic heterocycles. The van der Waals surface area contributed by atoms with Gasteiger partial charge < -0.3 is 14.5 Å². The van der Waals surface area contributed by atoms with Crippen molar-refractivity contribution in [3.05, 3.63) is 34.7 Å². The number of halogens is 2. The Morgan fingerprint density at radius 1 is 1.16 bits per heavy atom. The average Bonchev–Trinajstić information content (AvgIpc) is 2.54. The van der Waals surface area contributed by atoms with Crippen LogP contribution in [0, 0.1) is 4.91 Å². The molecule has 6 nitrogen and oxygen atoms in total. The summed E-state index contributed by atoms with van der Waals surface area (Å²) in [6.45, 7) is 4.40. The molecule has 0 amide bonds. The maximum atomic E-state index is 11.7. The van der Waals surface area contributed by atoms with Crippen LogP contribution in [-0.4, -0.2) is 36.6 Å². The molecule has 0 unspecified atom stereocenters. The highest BCUT2D eigenvalue weighted by Crippen LogP contribution is 2.18. The zero-order valence-electron chi connectivity index (χ0n) is 14.5. The fourth-order valence-corrected chi connectivity index (χ4v) is 2.73. The van der Waals surface area contributed by atoms with Crippen LogP contribution in [0.4, 0.5) is 5.69 Å². The standard InChI is InChI=1S/C17H24Cl2N2O4/c1-17(2,25-20-23)24-16(22)5-3-4-14-6-8-15(9-7-14)21(12-10-18)13-11-19/h6-9H,3-5,10-13H2,1-2H3. The predicted molar refractivity (Wildman–Crippen MR) is 100 cm³/mol. The van der Waals surface area contributed by atoms with Gasteiger partial charge in [-0.3, -0.25) is 4.79 Å². The van der Waals surface area contributed by atoms with Crippen LogP contribution < -0.4 is 4.90 Å². The van der Waals surface area contributed by atoms with E-state index in [1.807, 2.05) is 24.3 Å². The van der Waals surface area contributed by atoms with Gasteiger partial charge in [-0.25, -0.2) is 0 Å². The minimum absolute atomic E-state index is 0.234. The number of esters is 1. The molecule has 0 atom stereocenters. The maximum Gasteiger partial charge on any atom is 0.309 e. The summed E-state index contributed by atoms with van der Waals surface area (Å²) in [5.74, 6) is -0.684. The number of aryl methyl sites for hydroxylation is 1. The van der Waals surface area contributed by atoms with E-state index in [0.717, 1.165) is 30.8 Å². The molecule has 0 aliphatic rings. The van der Waals surface area contributed by atoms with Crippen LogP contribution in [0.1, 0.15) is 32.3 Å². The number of ether oxygens (including phenoxy) is 1. The fourth-order valence-electron chi connectivity index (χ4n) is 2.32. The Morgan fingerprint density at radius 2 is 1.76 bits per heavy atom. The molecular weight excluding hydrogens is 367 g/mol. The van der Waals surface area contributed by atoms with Crippen LogP contribution in [0.15, 0.2) is 29.6 Å². The minimum Gasteiger partial charge on any atom is -0.421 e. The van der Waals surface area contributed by atoms with Crippen LogP contribution in [0.2, 0.25) is 0 Å². The number of carbonyl (C=O) groups is 1. The monoisotopic (exact) mass is 390 g/mol. The highest BCUT2D eigenvalue weighted by atomic mass is 35.5. The number of hydrogen-bond acceptors (Lipinski definition) is 6. The van der Waals surface area contributed by atoms with E-state index >= 15 is 0 Å². The number of alkyl halides is 2. The van der Waals surface area contributed by atoms with E-state index in [4.69, 9.17) is 27.9 Å². The Balaban J connectivity index is 2.45. The first-order valence-corrected chi connectivity index (χ1v) is 9.17. The van der Waals surface area contributed by atoms with Gasteiger partial charge in [0.25, 0.3) is 5.79 Å². The minimum atomic E-state index is -1.34. The molecule has 1 rings (SSSR count). The summed E-state index contributed by atoms with van der Waals surface area (Å²) in [5, 5.41) is 2.29. The van der Waals surface area contributed by atoms with Crippen molar-refractivity contribution < 1.29 is 14.4 Å². The molecular formula is C17H24Cl2N2O4. The van der Waals surface area contributed by atoms with Gasteiger partial charge in [-0.05, 0) is 30.5 Å². The highest BCUT2D eigenvalue weighted by Gasteiger charge is 2.25. The van der Waals surface area contributed by atoms with Crippen molar-refractivity contribution in [3.63, 3.8) is 0 Å². The van der Waals surface area contributed by atoms with Gasteiger partial charge >= 0.3 is 5.97 Å². The molecule has 1 aromatic carbocycles. The van der Waals surface area contributed by atoms with E-state index in [2.05, 4.69) is 15.1 Å². The quantitative estimate of drug-likeness (QED) is 0.175. The van der Waals surface area contributed by atoms with Gasteiger partial charge in [0.15, 0.2) is 5.34 Å². The number of carbonyl (C=O) groups excluding carboxylic acids is 1. The highest BCUT2D eigenvalue weighted by molar-refractivity contribution is 6.18. The smallest absolute Gasteiger partial charge is 0.309 e. The Hall–Kier alpha value is -1.53. The molecule has 0 fully saturated rings. The molecule has 0 bridgehead atoms. The van der Waals surface area contributed by atoms with E-state index in [0.29, 0.717) is 18.2 Å². The predicted octanol–water partition coefficient (Wildman–Crippen LogP) is 4.27. The maximum absolute atomic E-state index is 11.7. The molecule has 140 valence electrons. The molecule has 0 radical (unpaired) electrons. The summed E-state index contributed by atoms with van der Waals surface area (Å²) < 4.78 is 5.03. The summed E-state index contributed by atoms with van der Waals surface area (Å²) in [4.78, 5) is 28.4. The summed E-state index contributed by atoms with van der Waals surface area (Å²) in [5.41, 5.74) is 2.20. The van der Waals surface area contributed by atoms with Crippen LogP contribution in [-0.2, 0) is 20.8 Å². The lowest BCUT2D eigenvalue weighted by molar-refractivity contribution is -0.216. The van der Waals surface area contributed by atoms with Crippen LogP contribution in [0.25, 0.3) is 0 Å². The Kier molecular flexibility index (Phi) is 9.60. The molecule has 0 aliphatic heterocycles. The first kappa shape index (κ1) is 21.5. The third kappa shape index (κ3) is 8.40. The zero-order valence-corrected chi connectivity index (χ0v) is 16.1. The second-order valence-corrected chi connectivity index (χ2v) is 6.68. The number of nitrogens with zero attached hydrogens (tertiary/aromatic N) is 2. The lowest BCUT2D eigenvalue weighted by Gasteiger charge is -2.23. The number of benzene rings is 1. The van der Waals surface area contributed by atoms with Crippen molar-refractivity contribution in [1.29, 1.82) is 0 Å². The second kappa shape index (κ2) is 11.2. The lowest BCUT2D eigenvalue weighted by atomic mass is 10.1. The van der Waals surface area contributed by atoms with Gasteiger partial charge in [-0.1, -0.05) is 12.1 Å². The SMILES string of the molecule is CC(C)(ON=O)OC(=O)CCCc1ccc(N(CCCl)CCCl)cc1. The Labute approximate surface area is 158 Å². The van der Waals surface area contributed by atoms with E-state index in [1.165, 1.54) is 13.8 Å². The summed E-state index contributed by atoms with van der Waals surface area (Å²) in [7, 11) is 0. The molecule has 25 heavy (non-hydrogen) atoms. The molecule has 0 N–H and O–H groups in total. The summed E-state index contributed by atoms with van der Waals surface area (Å²) in [6, 6.07) is 8.11. The normalized spacial score (nSPS) is 11.0. The van der Waals surface area contributed by atoms with Crippen molar-refractivity contribution in [1.82, 2.24) is 0 Å². The molecule has 0 spiro atoms. The van der Waals surface area contributed by atoms with Crippen molar-refractivity contribution >= 4 is 34.9 Å². The van der Waals surface area contributed by atoms with Crippen LogP contribution in [0.3, 0.4) is 0 Å². The number of anilines is 1. The molecule has 0 saturated heterocycles. The Morgan fingerprint density at radius 3 is 2.28 bits per heavy atom. The Bertz CT molecular complexity index is 532. The first-order valence-electron chi connectivity index (χ1n) is 8.10. The van der Waals surface area contributed by atoms with E-state index in [9.17, 15) is 9.70 Å². The van der Waals surface area contributed by atoms with Gasteiger partial charge in [0, 0.05) is 50.8 Å². The molecule has 8 heteroatoms. The lowest BCUT2D eigenvalue weighted by Crippen LogP contribution is -2.29. The fraction of sp³-hybridized carbons (Fsp3) is 0.588. The zero-order chi connectivity index (χ0) is 18.7. The van der Waals surface area contributed by atoms with Crippen molar-refractivity contribution in [3.8, 4) is 0 Å². The molecule has 0 aliphatic carbocycles. The summed E-state index contributed by atoms with van der Waals surface area (Å²) >= 11 is 11.6. The molecule has 1 aromatic rings. The number of rotatable bonds is 12. The average molecular weight is 391 g/mol. The largest absolute Gasteiger partial charge is 0.421 e. The summed E-state index contributed by atoms with van der Waals surface area (Å²) in [6.07, 6.45) is 1.61. The topological polar surface area (TPSA) is 68.2 Å². The second-order valence-electron chi connectivity index (χ2n) is 5.92. The van der Waals surface area contributed by atoms with Crippen molar-refractivity contribution in [2.45, 2.75) is 38.9 Å². The van der Waals surface area contributed by atoms with E-state index < -0.39 is 11.8 Å². The molecule has 0 heterocycles. The van der Waals surface area contributed by atoms with Gasteiger partial charge in [-0.2, -0.15) is 0 Å². The van der Waals surface area contributed by atoms with Crippen LogP contribution >= 0.6 is 23.2 Å². The van der Waals surface area contributed by atoms with Crippen molar-refractivity contribution in [2.24, 2.45) is 5.34 Å². The van der Waals surface area contributed by atoms with Gasteiger partial charge in [-0.15, -0.1) is 28.1 Å². The van der Waals surface area contributed by atoms with Crippen molar-refractivity contribution in [2.75, 3.05) is 29.7 Å². The van der Waals surface area contributed by atoms with Crippen LogP contribution in [0.5, 0.6) is 0 Å². The number of hydrogen-bond donors (Lipinski definition) is 0. The molecule has 0 saturated carbocycles. The first-order chi connectivity index (χ1) is 11.9. The van der Waals surface area contributed by atoms with Gasteiger partial charge in [0.1, 0.15) is 0 Å². The van der Waals surface area contributed by atoms with Gasteiger partial charge in [0.05, 0.1) is 0 Å². The van der Waals surface area contributed by atoms with E-state index in [-0.39, 0.29) is 6.42 Å². The van der Waals surface area contributed by atoms with Gasteiger partial charge in [0.2, 0.25) is 0 Å². The van der Waals surface area contributed by atoms with E-state index in [1.54, 1.807) is 0 Å². The third-order valence-corrected chi connectivity index (χ3v) is 3.81. The third-order valence-electron chi connectivity index (χ3n) is 3.47.